The van der Waals surface area contributed by atoms with E-state index in [1.165, 1.54) is 28.2 Å². The molecule has 0 radical (unpaired) electrons. The third-order valence-corrected chi connectivity index (χ3v) is 10.1. The third kappa shape index (κ3) is 5.58. The van der Waals surface area contributed by atoms with Gasteiger partial charge in [-0.3, -0.25) is 9.59 Å². The molecule has 0 amide bonds. The van der Waals surface area contributed by atoms with Gasteiger partial charge in [0.05, 0.1) is 28.8 Å². The van der Waals surface area contributed by atoms with Crippen molar-refractivity contribution in [3.8, 4) is 0 Å². The fraction of sp³-hybridized carbons (Fsp3) is 0.609. The Labute approximate surface area is 203 Å². The van der Waals surface area contributed by atoms with Gasteiger partial charge in [0.25, 0.3) is 5.56 Å². The highest BCUT2D eigenvalue weighted by atomic mass is 35.5. The van der Waals surface area contributed by atoms with E-state index in [1.807, 2.05) is 0 Å². The van der Waals surface area contributed by atoms with Crippen molar-refractivity contribution in [2.24, 2.45) is 5.92 Å². The number of carbonyl (C=O) groups excluding carboxylic acids is 1. The van der Waals surface area contributed by atoms with Crippen molar-refractivity contribution in [1.82, 2.24) is 9.55 Å². The van der Waals surface area contributed by atoms with Crippen molar-refractivity contribution in [3.63, 3.8) is 0 Å². The highest BCUT2D eigenvalue weighted by molar-refractivity contribution is 7.92. The van der Waals surface area contributed by atoms with Gasteiger partial charge in [0.2, 0.25) is 0 Å². The van der Waals surface area contributed by atoms with E-state index in [0.717, 1.165) is 25.7 Å². The Morgan fingerprint density at radius 1 is 1.24 bits per heavy atom. The Hall–Kier alpha value is -1.55. The average Bonchev–Trinajstić information content (AvgIpc) is 3.44. The summed E-state index contributed by atoms with van der Waals surface area (Å²) in [5.74, 6) is 0.272. The summed E-state index contributed by atoms with van der Waals surface area (Å²) in [4.78, 5) is 30.9. The molecule has 1 saturated heterocycles. The van der Waals surface area contributed by atoms with Crippen LogP contribution in [0.3, 0.4) is 0 Å². The van der Waals surface area contributed by atoms with Gasteiger partial charge < -0.3 is 9.30 Å². The van der Waals surface area contributed by atoms with E-state index in [4.69, 9.17) is 16.3 Å². The van der Waals surface area contributed by atoms with E-state index in [1.54, 1.807) is 13.0 Å². The number of pyridine rings is 1. The standard InChI is InChI=1S/C23H29ClN2O5S2/c1-15-10-18(33(29,30)17-6-8-31-9-7-17)12-23(28)26(15)19(11-16-4-2-3-5-16)20(27)13-22-25-14-21(24)32-22/h10,12,14,16-17,19H,2-9,11,13H2,1H3. The lowest BCUT2D eigenvalue weighted by Gasteiger charge is -2.25. The lowest BCUT2D eigenvalue weighted by Crippen LogP contribution is -2.35. The third-order valence-electron chi connectivity index (χ3n) is 6.74. The molecule has 1 atom stereocenters. The van der Waals surface area contributed by atoms with Crippen molar-refractivity contribution in [1.29, 1.82) is 0 Å². The maximum Gasteiger partial charge on any atom is 0.252 e. The van der Waals surface area contributed by atoms with Gasteiger partial charge in [-0.25, -0.2) is 13.4 Å². The molecule has 180 valence electrons. The van der Waals surface area contributed by atoms with Crippen LogP contribution >= 0.6 is 22.9 Å². The zero-order valence-electron chi connectivity index (χ0n) is 18.7. The van der Waals surface area contributed by atoms with E-state index < -0.39 is 26.7 Å². The fourth-order valence-corrected chi connectivity index (χ4v) is 7.77. The van der Waals surface area contributed by atoms with Crippen molar-refractivity contribution in [2.75, 3.05) is 13.2 Å². The van der Waals surface area contributed by atoms with Crippen LogP contribution in [0.15, 0.2) is 28.0 Å². The Morgan fingerprint density at radius 3 is 2.55 bits per heavy atom. The minimum atomic E-state index is -3.64. The van der Waals surface area contributed by atoms with Crippen LogP contribution in [0.5, 0.6) is 0 Å². The number of ketones is 1. The molecule has 0 bridgehead atoms. The van der Waals surface area contributed by atoms with Crippen molar-refractivity contribution in [3.05, 3.63) is 43.7 Å². The van der Waals surface area contributed by atoms with E-state index in [9.17, 15) is 18.0 Å². The van der Waals surface area contributed by atoms with Crippen LogP contribution in [0.2, 0.25) is 4.34 Å². The second-order valence-corrected chi connectivity index (χ2v) is 13.0. The maximum atomic E-state index is 13.4. The number of aromatic nitrogens is 2. The summed E-state index contributed by atoms with van der Waals surface area (Å²) in [6.45, 7) is 2.51. The summed E-state index contributed by atoms with van der Waals surface area (Å²) < 4.78 is 33.6. The van der Waals surface area contributed by atoms with Gasteiger partial charge in [0.15, 0.2) is 15.6 Å². The Bertz CT molecular complexity index is 1160. The molecule has 1 aliphatic heterocycles. The van der Waals surface area contributed by atoms with E-state index in [2.05, 4.69) is 4.98 Å². The number of carbonyl (C=O) groups is 1. The SMILES string of the molecule is Cc1cc(S(=O)(=O)C2CCOCC2)cc(=O)n1C(CC1CCCC1)C(=O)Cc1ncc(Cl)s1. The number of aryl methyl sites for hydroxylation is 1. The molecule has 2 aromatic heterocycles. The molecule has 2 aromatic rings. The number of rotatable bonds is 8. The van der Waals surface area contributed by atoms with Crippen molar-refractivity contribution >= 4 is 38.6 Å². The lowest BCUT2D eigenvalue weighted by molar-refractivity contribution is -0.122. The largest absolute Gasteiger partial charge is 0.381 e. The minimum absolute atomic E-state index is 0.0342. The van der Waals surface area contributed by atoms with E-state index in [-0.39, 0.29) is 17.1 Å². The summed E-state index contributed by atoms with van der Waals surface area (Å²) in [6, 6.07) is 2.08. The Kier molecular flexibility index (Phi) is 7.73. The zero-order chi connectivity index (χ0) is 23.6. The second-order valence-electron chi connectivity index (χ2n) is 9.00. The summed E-state index contributed by atoms with van der Waals surface area (Å²) in [7, 11) is -3.64. The number of halogens is 1. The second kappa shape index (κ2) is 10.4. The number of hydrogen-bond acceptors (Lipinski definition) is 7. The normalized spacial score (nSPS) is 19.1. The molecule has 1 saturated carbocycles. The van der Waals surface area contributed by atoms with Gasteiger partial charge in [0.1, 0.15) is 9.34 Å². The summed E-state index contributed by atoms with van der Waals surface area (Å²) in [6.07, 6.45) is 7.37. The first kappa shape index (κ1) is 24.6. The Morgan fingerprint density at radius 2 is 1.94 bits per heavy atom. The minimum Gasteiger partial charge on any atom is -0.381 e. The fourth-order valence-electron chi connectivity index (χ4n) is 5.00. The van der Waals surface area contributed by atoms with Crippen LogP contribution < -0.4 is 5.56 Å². The molecule has 7 nitrogen and oxygen atoms in total. The zero-order valence-corrected chi connectivity index (χ0v) is 21.1. The quantitative estimate of drug-likeness (QED) is 0.527. The summed E-state index contributed by atoms with van der Waals surface area (Å²) in [5.41, 5.74) is 0.0378. The summed E-state index contributed by atoms with van der Waals surface area (Å²) >= 11 is 7.24. The highest BCUT2D eigenvalue weighted by Crippen LogP contribution is 2.34. The highest BCUT2D eigenvalue weighted by Gasteiger charge is 2.33. The average molecular weight is 513 g/mol. The monoisotopic (exact) mass is 512 g/mol. The maximum absolute atomic E-state index is 13.4. The molecule has 3 heterocycles. The smallest absolute Gasteiger partial charge is 0.252 e. The molecule has 2 fully saturated rings. The number of ether oxygens (including phenoxy) is 1. The van der Waals surface area contributed by atoms with Crippen molar-refractivity contribution < 1.29 is 17.9 Å². The molecule has 1 unspecified atom stereocenters. The predicted molar refractivity (Wildman–Crippen MR) is 128 cm³/mol. The molecule has 0 spiro atoms. The predicted octanol–water partition coefficient (Wildman–Crippen LogP) is 4.15. The number of Topliss-reactive ketones (excluding diaryl/α,β-unsaturated/α-hetero) is 1. The van der Waals surface area contributed by atoms with Crippen LogP contribution in [0.4, 0.5) is 0 Å². The molecular formula is C23H29ClN2O5S2. The van der Waals surface area contributed by atoms with Crippen LogP contribution in [0.25, 0.3) is 0 Å². The van der Waals surface area contributed by atoms with E-state index >= 15 is 0 Å². The summed E-state index contributed by atoms with van der Waals surface area (Å²) in [5, 5.41) is 0.0670. The first-order valence-corrected chi connectivity index (χ1v) is 14.2. The molecule has 2 aliphatic rings. The number of hydrogen-bond donors (Lipinski definition) is 0. The molecule has 33 heavy (non-hydrogen) atoms. The molecule has 10 heteroatoms. The number of thiazole rings is 1. The first-order chi connectivity index (χ1) is 15.8. The van der Waals surface area contributed by atoms with Crippen LogP contribution in [0.1, 0.15) is 61.7 Å². The lowest BCUT2D eigenvalue weighted by atomic mass is 9.94. The molecule has 0 aromatic carbocycles. The number of nitrogens with zero attached hydrogens (tertiary/aromatic N) is 2. The molecule has 1 aliphatic carbocycles. The van der Waals surface area contributed by atoms with Gasteiger partial charge in [-0.1, -0.05) is 37.3 Å². The molecular weight excluding hydrogens is 484 g/mol. The van der Waals surface area contributed by atoms with Crippen LogP contribution in [0, 0.1) is 12.8 Å². The van der Waals surface area contributed by atoms with Crippen molar-refractivity contribution in [2.45, 2.75) is 74.5 Å². The van der Waals surface area contributed by atoms with Gasteiger partial charge >= 0.3 is 0 Å². The van der Waals surface area contributed by atoms with Gasteiger partial charge in [-0.05, 0) is 38.2 Å². The Balaban J connectivity index is 1.67. The topological polar surface area (TPSA) is 95.3 Å². The van der Waals surface area contributed by atoms with Gasteiger partial charge in [-0.15, -0.1) is 11.3 Å². The van der Waals surface area contributed by atoms with Crippen LogP contribution in [-0.2, 0) is 25.8 Å². The molecule has 0 N–H and O–H groups in total. The van der Waals surface area contributed by atoms with E-state index in [0.29, 0.717) is 53.4 Å². The van der Waals surface area contributed by atoms with Crippen LogP contribution in [-0.4, -0.2) is 42.2 Å². The number of sulfone groups is 1. The molecule has 4 rings (SSSR count). The van der Waals surface area contributed by atoms with Gasteiger partial charge in [0, 0.05) is 25.0 Å². The van der Waals surface area contributed by atoms with Gasteiger partial charge in [-0.2, -0.15) is 0 Å². The first-order valence-electron chi connectivity index (χ1n) is 11.4.